The van der Waals surface area contributed by atoms with Gasteiger partial charge in [-0.05, 0) is 42.4 Å². The quantitative estimate of drug-likeness (QED) is 0.149. The molecular formula is C53H38N4OPt-2. The molecule has 0 spiro atoms. The van der Waals surface area contributed by atoms with Gasteiger partial charge in [0.2, 0.25) is 0 Å². The second kappa shape index (κ2) is 14.7. The van der Waals surface area contributed by atoms with E-state index in [0.717, 1.165) is 83.5 Å². The van der Waals surface area contributed by atoms with Gasteiger partial charge < -0.3 is 0 Å². The maximum absolute atomic E-state index is 6.68. The zero-order chi connectivity index (χ0) is 39.5. The van der Waals surface area contributed by atoms with E-state index in [1.165, 1.54) is 22.9 Å². The fraction of sp³-hybridized carbons (Fsp3) is 0.0943. The topological polar surface area (TPSA) is 36.9 Å². The van der Waals surface area contributed by atoms with Crippen molar-refractivity contribution >= 4 is 32.8 Å². The molecule has 0 saturated carbocycles. The summed E-state index contributed by atoms with van der Waals surface area (Å²) >= 11 is 2.48. The monoisotopic (exact) mass is 941 g/mol. The third-order valence-corrected chi connectivity index (χ3v) is 12.7. The molecule has 1 atom stereocenters. The number of ether oxygens (including phenoxy) is 1. The Morgan fingerprint density at radius 2 is 1.27 bits per heavy atom. The van der Waals surface area contributed by atoms with E-state index in [2.05, 4.69) is 186 Å². The van der Waals surface area contributed by atoms with Gasteiger partial charge in [0.05, 0.1) is 0 Å². The first-order valence-corrected chi connectivity index (χ1v) is 21.3. The number of para-hydroxylation sites is 3. The molecule has 5 nitrogen and oxygen atoms in total. The number of imidazole rings is 1. The molecule has 0 aliphatic heterocycles. The van der Waals surface area contributed by atoms with Gasteiger partial charge in [0, 0.05) is 6.20 Å². The molecule has 7 aromatic carbocycles. The van der Waals surface area contributed by atoms with E-state index in [-0.39, 0.29) is 0 Å². The van der Waals surface area contributed by atoms with Crippen molar-refractivity contribution in [2.75, 3.05) is 0 Å². The van der Waals surface area contributed by atoms with E-state index in [1.807, 2.05) is 36.5 Å². The third kappa shape index (κ3) is 6.20. The standard InChI is InChI=1S/C53H38N4O.Pt/c1-36-25-26-39-32-50-47(31-40(39)30-36)46-28-27-43(34-51(46)57(50)52-24-10-11-29-54-52)58-42-19-12-18-41(33-42)55-35-56(49-23-9-8-22-48(49)55)53-44(37-14-4-2-5-15-37)20-13-21-45(53)38-16-6-3-7-17-38;/h2-24,27-29,31-32,36H,25-26,30H2,1H3;/q-2;. The molecule has 288 valence electrons. The minimum Gasteiger partial charge on any atom is -0.0570 e. The molecule has 0 radical (unpaired) electrons. The van der Waals surface area contributed by atoms with Crippen LogP contribution < -0.4 is 4.74 Å². The third-order valence-electron chi connectivity index (χ3n) is 11.7. The maximum atomic E-state index is 6.68. The van der Waals surface area contributed by atoms with Crippen molar-refractivity contribution in [1.82, 2.24) is 18.7 Å². The van der Waals surface area contributed by atoms with Gasteiger partial charge in [0.15, 0.2) is 0 Å². The summed E-state index contributed by atoms with van der Waals surface area (Å²) in [5.41, 5.74) is 13.8. The molecule has 59 heavy (non-hydrogen) atoms. The Kier molecular flexibility index (Phi) is 8.86. The second-order valence-corrected chi connectivity index (χ2v) is 16.4. The Morgan fingerprint density at radius 3 is 2.00 bits per heavy atom. The molecule has 3 heterocycles. The van der Waals surface area contributed by atoms with Crippen molar-refractivity contribution < 1.29 is 24.1 Å². The van der Waals surface area contributed by atoms with Crippen LogP contribution in [-0.4, -0.2) is 18.7 Å². The van der Waals surface area contributed by atoms with Gasteiger partial charge in [0.1, 0.15) is 0 Å². The van der Waals surface area contributed by atoms with Gasteiger partial charge in [-0.25, -0.2) is 0 Å². The van der Waals surface area contributed by atoms with Crippen LogP contribution in [0.4, 0.5) is 0 Å². The molecule has 0 fully saturated rings. The molecule has 1 aliphatic rings. The van der Waals surface area contributed by atoms with Crippen molar-refractivity contribution in [1.29, 1.82) is 0 Å². The van der Waals surface area contributed by atoms with Gasteiger partial charge in [0.25, 0.3) is 0 Å². The Labute approximate surface area is 353 Å². The fourth-order valence-electron chi connectivity index (χ4n) is 8.92. The summed E-state index contributed by atoms with van der Waals surface area (Å²) in [6, 6.07) is 65.0. The molecule has 0 bridgehead atoms. The molecule has 1 unspecified atom stereocenters. The summed E-state index contributed by atoms with van der Waals surface area (Å²) in [7, 11) is 0. The normalized spacial score (nSPS) is 13.9. The van der Waals surface area contributed by atoms with E-state index < -0.39 is 0 Å². The smallest absolute Gasteiger partial charge is 0.0570 e. The molecule has 0 saturated heterocycles. The summed E-state index contributed by atoms with van der Waals surface area (Å²) < 4.78 is 14.6. The number of hydrogen-bond acceptors (Lipinski definition) is 2. The first kappa shape index (κ1) is 35.6. The number of benzene rings is 7. The number of aryl methyl sites for hydroxylation is 1. The van der Waals surface area contributed by atoms with E-state index in [9.17, 15) is 0 Å². The average molecular weight is 942 g/mol. The molecule has 0 N–H and O–H groups in total. The molecular weight excluding hydrogens is 904 g/mol. The molecule has 10 aromatic rings. The first-order chi connectivity index (χ1) is 29.1. The minimum atomic E-state index is 0.609. The SMILES string of the molecule is CC1CCc2cc3c(cc2C1)c1ccc(Oc2[c-]c(-n4[c](=[Pt])n(-c5c(-c6ccccc6)cccc5-c5ccccc5)c5ccccc54)ccc2)[c-]c1n3-c1ccccn1. The number of pyridine rings is 1. The van der Waals surface area contributed by atoms with Crippen LogP contribution in [0.3, 0.4) is 0 Å². The Balaban J connectivity index is 1.04. The predicted molar refractivity (Wildman–Crippen MR) is 234 cm³/mol. The first-order valence-electron chi connectivity index (χ1n) is 20.2. The van der Waals surface area contributed by atoms with Crippen molar-refractivity contribution in [3.05, 3.63) is 197 Å². The van der Waals surface area contributed by atoms with Crippen LogP contribution >= 0.6 is 0 Å². The van der Waals surface area contributed by atoms with Crippen LogP contribution in [0, 0.1) is 21.9 Å². The number of hydrogen-bond donors (Lipinski definition) is 0. The Morgan fingerprint density at radius 1 is 0.593 bits per heavy atom. The fourth-order valence-corrected chi connectivity index (χ4v) is 10.00. The van der Waals surface area contributed by atoms with Crippen LogP contribution in [0.25, 0.3) is 72.3 Å². The van der Waals surface area contributed by atoms with E-state index in [4.69, 9.17) is 9.72 Å². The Bertz CT molecular complexity index is 3200. The van der Waals surface area contributed by atoms with Gasteiger partial charge in [-0.2, -0.15) is 0 Å². The zero-order valence-electron chi connectivity index (χ0n) is 32.4. The Hall–Kier alpha value is -6.55. The zero-order valence-corrected chi connectivity index (χ0v) is 34.7. The molecule has 11 rings (SSSR count). The summed E-state index contributed by atoms with van der Waals surface area (Å²) in [4.78, 5) is 4.80. The summed E-state index contributed by atoms with van der Waals surface area (Å²) in [6.07, 6.45) is 5.29. The molecule has 6 heteroatoms. The van der Waals surface area contributed by atoms with E-state index in [1.54, 1.807) is 0 Å². The van der Waals surface area contributed by atoms with Crippen molar-refractivity contribution in [2.45, 2.75) is 26.2 Å². The molecule has 0 amide bonds. The van der Waals surface area contributed by atoms with Crippen LogP contribution in [0.2, 0.25) is 0 Å². The second-order valence-electron chi connectivity index (χ2n) is 15.4. The number of fused-ring (bicyclic) bond motifs is 5. The van der Waals surface area contributed by atoms with Gasteiger partial charge in [-0.3, -0.25) is 0 Å². The van der Waals surface area contributed by atoms with Gasteiger partial charge in [-0.1, -0.05) is 13.0 Å². The van der Waals surface area contributed by atoms with Crippen LogP contribution in [-0.2, 0) is 32.2 Å². The van der Waals surface area contributed by atoms with Crippen molar-refractivity contribution in [3.8, 4) is 50.9 Å². The van der Waals surface area contributed by atoms with Crippen LogP contribution in [0.5, 0.6) is 11.5 Å². The number of nitrogens with zero attached hydrogens (tertiary/aromatic N) is 4. The molecule has 1 aliphatic carbocycles. The summed E-state index contributed by atoms with van der Waals surface area (Å²) in [5.74, 6) is 2.79. The summed E-state index contributed by atoms with van der Waals surface area (Å²) in [6.45, 7) is 2.36. The van der Waals surface area contributed by atoms with Gasteiger partial charge >= 0.3 is 294 Å². The van der Waals surface area contributed by atoms with Crippen molar-refractivity contribution in [2.24, 2.45) is 5.92 Å². The van der Waals surface area contributed by atoms with E-state index >= 15 is 0 Å². The summed E-state index contributed by atoms with van der Waals surface area (Å²) in [5, 5.41) is 2.36. The predicted octanol–water partition coefficient (Wildman–Crippen LogP) is 12.8. The van der Waals surface area contributed by atoms with Crippen LogP contribution in [0.1, 0.15) is 24.5 Å². The minimum absolute atomic E-state index is 0.609. The van der Waals surface area contributed by atoms with Crippen molar-refractivity contribution in [3.63, 3.8) is 0 Å². The number of aromatic nitrogens is 4. The van der Waals surface area contributed by atoms with Gasteiger partial charge in [-0.15, -0.1) is 0 Å². The molecule has 3 aromatic heterocycles. The van der Waals surface area contributed by atoms with E-state index in [0.29, 0.717) is 17.4 Å². The van der Waals surface area contributed by atoms with Crippen LogP contribution in [0.15, 0.2) is 170 Å². The number of rotatable bonds is 7. The average Bonchev–Trinajstić information content (AvgIpc) is 3.76.